The molecule has 0 aromatic carbocycles. The first-order valence-electron chi connectivity index (χ1n) is 6.00. The molecule has 16 heavy (non-hydrogen) atoms. The summed E-state index contributed by atoms with van der Waals surface area (Å²) in [6, 6.07) is 0. The van der Waals surface area contributed by atoms with E-state index in [1.165, 1.54) is 12.8 Å². The Hall–Kier alpha value is -0.420. The first-order valence-corrected chi connectivity index (χ1v) is 6.00. The van der Waals surface area contributed by atoms with Gasteiger partial charge in [-0.15, -0.1) is 0 Å². The molecule has 0 radical (unpaired) electrons. The van der Waals surface area contributed by atoms with Gasteiger partial charge in [0.25, 0.3) is 0 Å². The van der Waals surface area contributed by atoms with Crippen molar-refractivity contribution in [3.8, 4) is 0 Å². The Morgan fingerprint density at radius 2 is 1.81 bits per heavy atom. The molecule has 2 bridgehead atoms. The molecule has 1 N–H and O–H groups in total. The van der Waals surface area contributed by atoms with Crippen LogP contribution < -0.4 is 0 Å². The van der Waals surface area contributed by atoms with E-state index in [2.05, 4.69) is 17.0 Å². The molecule has 0 aliphatic heterocycles. The molecule has 0 heterocycles. The molecule has 0 amide bonds. The summed E-state index contributed by atoms with van der Waals surface area (Å²) in [4.78, 5) is 3.89. The van der Waals surface area contributed by atoms with Crippen LogP contribution in [0.15, 0.2) is 12.2 Å². The van der Waals surface area contributed by atoms with Crippen LogP contribution >= 0.6 is 0 Å². The van der Waals surface area contributed by atoms with Crippen molar-refractivity contribution in [2.24, 2.45) is 17.8 Å². The van der Waals surface area contributed by atoms with Crippen molar-refractivity contribution in [2.45, 2.75) is 12.8 Å². The van der Waals surface area contributed by atoms with Crippen LogP contribution in [0.1, 0.15) is 12.8 Å². The van der Waals surface area contributed by atoms with Gasteiger partial charge in [-0.25, -0.2) is 4.89 Å². The van der Waals surface area contributed by atoms with Crippen molar-refractivity contribution in [1.82, 2.24) is 0 Å². The van der Waals surface area contributed by atoms with Gasteiger partial charge in [-0.3, -0.25) is 5.26 Å². The minimum Gasteiger partial charge on any atom is -0.379 e. The number of ether oxygens (including phenoxy) is 2. The zero-order valence-corrected chi connectivity index (χ0v) is 9.51. The van der Waals surface area contributed by atoms with Gasteiger partial charge in [-0.1, -0.05) is 12.2 Å². The van der Waals surface area contributed by atoms with Gasteiger partial charge in [0.15, 0.2) is 0 Å². The summed E-state index contributed by atoms with van der Waals surface area (Å²) in [6.45, 7) is 2.68. The van der Waals surface area contributed by atoms with Crippen molar-refractivity contribution in [3.05, 3.63) is 12.2 Å². The standard InChI is InChI=1S/C12H20O4/c13-16-6-5-14-3-4-15-9-12-8-10-1-2-11(12)7-10/h1-2,10-13H,3-9H2. The van der Waals surface area contributed by atoms with Crippen molar-refractivity contribution in [3.63, 3.8) is 0 Å². The van der Waals surface area contributed by atoms with E-state index in [0.29, 0.717) is 19.8 Å². The summed E-state index contributed by atoms with van der Waals surface area (Å²) in [7, 11) is 0. The molecule has 0 aromatic heterocycles. The fourth-order valence-electron chi connectivity index (χ4n) is 2.64. The van der Waals surface area contributed by atoms with Gasteiger partial charge < -0.3 is 9.47 Å². The summed E-state index contributed by atoms with van der Waals surface area (Å²) < 4.78 is 10.8. The van der Waals surface area contributed by atoms with E-state index < -0.39 is 0 Å². The molecule has 3 atom stereocenters. The second-order valence-corrected chi connectivity index (χ2v) is 4.56. The second kappa shape index (κ2) is 6.35. The molecule has 4 heteroatoms. The van der Waals surface area contributed by atoms with Crippen LogP contribution in [-0.2, 0) is 14.4 Å². The second-order valence-electron chi connectivity index (χ2n) is 4.56. The van der Waals surface area contributed by atoms with E-state index in [4.69, 9.17) is 14.7 Å². The van der Waals surface area contributed by atoms with E-state index in [1.807, 2.05) is 0 Å². The predicted octanol–water partition coefficient (Wildman–Crippen LogP) is 1.72. The molecule has 92 valence electrons. The van der Waals surface area contributed by atoms with Crippen molar-refractivity contribution in [1.29, 1.82) is 0 Å². The Kier molecular flexibility index (Phi) is 4.78. The summed E-state index contributed by atoms with van der Waals surface area (Å²) >= 11 is 0. The fraction of sp³-hybridized carbons (Fsp3) is 0.833. The van der Waals surface area contributed by atoms with Gasteiger partial charge in [0, 0.05) is 0 Å². The van der Waals surface area contributed by atoms with Crippen LogP contribution in [0, 0.1) is 17.8 Å². The predicted molar refractivity (Wildman–Crippen MR) is 59.1 cm³/mol. The quantitative estimate of drug-likeness (QED) is 0.297. The van der Waals surface area contributed by atoms with Gasteiger partial charge in [0.1, 0.15) is 6.61 Å². The maximum Gasteiger partial charge on any atom is 0.105 e. The third kappa shape index (κ3) is 3.28. The van der Waals surface area contributed by atoms with Gasteiger partial charge in [0.2, 0.25) is 0 Å². The maximum atomic E-state index is 8.06. The first kappa shape index (κ1) is 12.0. The molecule has 1 saturated carbocycles. The zero-order valence-electron chi connectivity index (χ0n) is 9.51. The van der Waals surface area contributed by atoms with Gasteiger partial charge >= 0.3 is 0 Å². The zero-order chi connectivity index (χ0) is 11.2. The normalized spacial score (nSPS) is 31.4. The number of rotatable bonds is 8. The third-order valence-electron chi connectivity index (χ3n) is 3.44. The van der Waals surface area contributed by atoms with Gasteiger partial charge in [-0.2, -0.15) is 0 Å². The number of hydrogen-bond acceptors (Lipinski definition) is 4. The molecule has 2 aliphatic rings. The lowest BCUT2D eigenvalue weighted by molar-refractivity contribution is -0.249. The maximum absolute atomic E-state index is 8.06. The molecule has 2 rings (SSSR count). The van der Waals surface area contributed by atoms with Crippen LogP contribution in [0.25, 0.3) is 0 Å². The van der Waals surface area contributed by atoms with Crippen LogP contribution in [0.5, 0.6) is 0 Å². The van der Waals surface area contributed by atoms with E-state index in [1.54, 1.807) is 0 Å². The average Bonchev–Trinajstić information content (AvgIpc) is 2.90. The highest BCUT2D eigenvalue weighted by Gasteiger charge is 2.35. The number of fused-ring (bicyclic) bond motifs is 2. The van der Waals surface area contributed by atoms with Gasteiger partial charge in [-0.05, 0) is 30.6 Å². The van der Waals surface area contributed by atoms with E-state index in [9.17, 15) is 0 Å². The fourth-order valence-corrected chi connectivity index (χ4v) is 2.64. The summed E-state index contributed by atoms with van der Waals surface area (Å²) in [6.07, 6.45) is 7.31. The smallest absolute Gasteiger partial charge is 0.105 e. The molecule has 2 aliphatic carbocycles. The minimum atomic E-state index is 0.219. The topological polar surface area (TPSA) is 47.9 Å². The number of allylic oxidation sites excluding steroid dienone is 2. The van der Waals surface area contributed by atoms with Crippen molar-refractivity contribution < 1.29 is 19.6 Å². The van der Waals surface area contributed by atoms with Crippen LogP contribution in [0.4, 0.5) is 0 Å². The highest BCUT2D eigenvalue weighted by Crippen LogP contribution is 2.43. The lowest BCUT2D eigenvalue weighted by atomic mass is 9.95. The van der Waals surface area contributed by atoms with Crippen LogP contribution in [0.3, 0.4) is 0 Å². The van der Waals surface area contributed by atoms with E-state index >= 15 is 0 Å². The Labute approximate surface area is 96.1 Å². The van der Waals surface area contributed by atoms with Crippen LogP contribution in [0.2, 0.25) is 0 Å². The SMILES string of the molecule is OOCCOCCOCC1CC2C=CC1C2. The molecule has 3 unspecified atom stereocenters. The largest absolute Gasteiger partial charge is 0.379 e. The Morgan fingerprint density at radius 1 is 1.00 bits per heavy atom. The minimum absolute atomic E-state index is 0.219. The van der Waals surface area contributed by atoms with Crippen LogP contribution in [-0.4, -0.2) is 38.3 Å². The highest BCUT2D eigenvalue weighted by molar-refractivity contribution is 5.09. The van der Waals surface area contributed by atoms with E-state index in [0.717, 1.165) is 24.4 Å². The average molecular weight is 228 g/mol. The molecule has 0 aromatic rings. The molecular weight excluding hydrogens is 208 g/mol. The summed E-state index contributed by atoms with van der Waals surface area (Å²) in [5, 5.41) is 8.06. The number of hydrogen-bond donors (Lipinski definition) is 1. The molecule has 0 spiro atoms. The Balaban J connectivity index is 1.45. The third-order valence-corrected chi connectivity index (χ3v) is 3.44. The molecule has 0 saturated heterocycles. The lowest BCUT2D eigenvalue weighted by Crippen LogP contribution is -2.17. The summed E-state index contributed by atoms with van der Waals surface area (Å²) in [5.74, 6) is 2.29. The van der Waals surface area contributed by atoms with Crippen molar-refractivity contribution in [2.75, 3.05) is 33.0 Å². The monoisotopic (exact) mass is 228 g/mol. The lowest BCUT2D eigenvalue weighted by Gasteiger charge is -2.17. The first-order chi connectivity index (χ1) is 7.90. The molecular formula is C12H20O4. The Morgan fingerprint density at radius 3 is 2.50 bits per heavy atom. The molecule has 4 nitrogen and oxygen atoms in total. The Bertz CT molecular complexity index is 229. The highest BCUT2D eigenvalue weighted by atomic mass is 17.1. The summed E-state index contributed by atoms with van der Waals surface area (Å²) in [5.41, 5.74) is 0. The molecule has 1 fully saturated rings. The van der Waals surface area contributed by atoms with Crippen molar-refractivity contribution >= 4 is 0 Å². The van der Waals surface area contributed by atoms with E-state index in [-0.39, 0.29) is 6.61 Å². The van der Waals surface area contributed by atoms with Gasteiger partial charge in [0.05, 0.1) is 26.4 Å².